The molecule has 0 saturated carbocycles. The fourth-order valence-corrected chi connectivity index (χ4v) is 3.18. The summed E-state index contributed by atoms with van der Waals surface area (Å²) in [5.74, 6) is -9.41. The molecule has 37 heavy (non-hydrogen) atoms. The Morgan fingerprint density at radius 1 is 0.351 bits per heavy atom. The number of phenols is 10. The van der Waals surface area contributed by atoms with Crippen LogP contribution in [0.25, 0.3) is 0 Å². The lowest BCUT2D eigenvalue weighted by atomic mass is 10.2. The average Bonchev–Trinajstić information content (AvgIpc) is 2.78. The number of hydrogen-bond donors (Lipinski definition) is 10. The van der Waals surface area contributed by atoms with Crippen molar-refractivity contribution in [3.63, 3.8) is 0 Å². The maximum absolute atomic E-state index is 10.5. The number of phenolic OH excluding ortho intramolecular Hbond substituents is 10. The molecule has 0 aliphatic carbocycles. The highest BCUT2D eigenvalue weighted by molar-refractivity contribution is 5.63. The molecule has 0 aliphatic rings. The zero-order valence-electron chi connectivity index (χ0n) is 18.3. The van der Waals surface area contributed by atoms with Gasteiger partial charge in [-0.2, -0.15) is 0 Å². The van der Waals surface area contributed by atoms with Crippen molar-refractivity contribution in [2.75, 3.05) is 0 Å². The van der Waals surface area contributed by atoms with Gasteiger partial charge in [-0.15, -0.1) is 0 Å². The Bertz CT molecular complexity index is 1440. The second-order valence-corrected chi connectivity index (χ2v) is 7.51. The van der Waals surface area contributed by atoms with Gasteiger partial charge in [-0.25, -0.2) is 0 Å². The van der Waals surface area contributed by atoms with Gasteiger partial charge in [-0.05, 0) is 0 Å². The summed E-state index contributed by atoms with van der Waals surface area (Å²) in [5, 5.41) is 99.6. The van der Waals surface area contributed by atoms with Crippen molar-refractivity contribution in [3.8, 4) is 92.0 Å². The molecule has 10 N–H and O–H groups in total. The summed E-state index contributed by atoms with van der Waals surface area (Å²) >= 11 is 0. The van der Waals surface area contributed by atoms with Crippen molar-refractivity contribution in [2.24, 2.45) is 0 Å². The van der Waals surface area contributed by atoms with Crippen LogP contribution in [0.1, 0.15) is 0 Å². The lowest BCUT2D eigenvalue weighted by Crippen LogP contribution is -1.92. The molecule has 0 atom stereocenters. The van der Waals surface area contributed by atoms with E-state index in [2.05, 4.69) is 0 Å². The van der Waals surface area contributed by atoms with Crippen molar-refractivity contribution >= 4 is 0 Å². The zero-order chi connectivity index (χ0) is 27.0. The molecule has 0 spiro atoms. The smallest absolute Gasteiger partial charge is 0.211 e. The average molecular weight is 514 g/mol. The van der Waals surface area contributed by atoms with Crippen LogP contribution in [0.15, 0.2) is 48.5 Å². The van der Waals surface area contributed by atoms with Gasteiger partial charge in [0, 0.05) is 48.5 Å². The standard InChI is InChI=1S/C24H18O13/c25-9-1-13(28)22(14(29)2-9)35-12-7-17(32)24(18(33)8-12)37-20-6-11(27)5-19(21(20)34)36-23-15(30)3-10(26)4-16(23)31/h1-8,25-34H. The zero-order valence-corrected chi connectivity index (χ0v) is 18.3. The van der Waals surface area contributed by atoms with Crippen molar-refractivity contribution in [1.82, 2.24) is 0 Å². The molecule has 13 nitrogen and oxygen atoms in total. The molecule has 0 saturated heterocycles. The number of ether oxygens (including phenoxy) is 3. The van der Waals surface area contributed by atoms with E-state index >= 15 is 0 Å². The van der Waals surface area contributed by atoms with Gasteiger partial charge in [-0.3, -0.25) is 0 Å². The molecule has 0 radical (unpaired) electrons. The third kappa shape index (κ3) is 4.90. The second kappa shape index (κ2) is 9.14. The van der Waals surface area contributed by atoms with Crippen LogP contribution in [-0.2, 0) is 0 Å². The topological polar surface area (TPSA) is 230 Å². The lowest BCUT2D eigenvalue weighted by Gasteiger charge is -2.16. The summed E-state index contributed by atoms with van der Waals surface area (Å²) in [5.41, 5.74) is 0. The van der Waals surface area contributed by atoms with Gasteiger partial charge in [0.2, 0.25) is 23.0 Å². The summed E-state index contributed by atoms with van der Waals surface area (Å²) in [6.45, 7) is 0. The second-order valence-electron chi connectivity index (χ2n) is 7.51. The van der Waals surface area contributed by atoms with E-state index in [-0.39, 0.29) is 5.75 Å². The van der Waals surface area contributed by atoms with E-state index in [1.165, 1.54) is 0 Å². The quantitative estimate of drug-likeness (QED) is 0.163. The number of hydrogen-bond acceptors (Lipinski definition) is 13. The molecule has 0 aromatic heterocycles. The maximum Gasteiger partial charge on any atom is 0.211 e. The van der Waals surface area contributed by atoms with E-state index < -0.39 is 86.2 Å². The van der Waals surface area contributed by atoms with Crippen LogP contribution in [-0.4, -0.2) is 51.1 Å². The van der Waals surface area contributed by atoms with Crippen molar-refractivity contribution in [3.05, 3.63) is 48.5 Å². The molecule has 0 amide bonds. The molecule has 0 unspecified atom stereocenters. The highest BCUT2D eigenvalue weighted by Gasteiger charge is 2.22. The molecule has 0 heterocycles. The van der Waals surface area contributed by atoms with E-state index in [0.717, 1.165) is 48.5 Å². The van der Waals surface area contributed by atoms with Gasteiger partial charge in [0.25, 0.3) is 0 Å². The van der Waals surface area contributed by atoms with Crippen LogP contribution < -0.4 is 14.2 Å². The highest BCUT2D eigenvalue weighted by Crippen LogP contribution is 2.51. The molecule has 0 bridgehead atoms. The SMILES string of the molecule is Oc1cc(O)c(Oc2cc(O)c(Oc3cc(O)cc(Oc4c(O)cc(O)cc4O)c3O)c(O)c2)c(O)c1. The van der Waals surface area contributed by atoms with Crippen LogP contribution in [0.5, 0.6) is 92.0 Å². The van der Waals surface area contributed by atoms with E-state index in [1.807, 2.05) is 0 Å². The monoisotopic (exact) mass is 514 g/mol. The van der Waals surface area contributed by atoms with Crippen LogP contribution in [0.4, 0.5) is 0 Å². The number of rotatable bonds is 6. The van der Waals surface area contributed by atoms with E-state index in [4.69, 9.17) is 14.2 Å². The third-order valence-electron chi connectivity index (χ3n) is 4.76. The van der Waals surface area contributed by atoms with Gasteiger partial charge < -0.3 is 65.3 Å². The fourth-order valence-electron chi connectivity index (χ4n) is 3.18. The molecule has 4 aromatic carbocycles. The van der Waals surface area contributed by atoms with Gasteiger partial charge in [0.15, 0.2) is 46.0 Å². The van der Waals surface area contributed by atoms with Gasteiger partial charge in [-0.1, -0.05) is 0 Å². The van der Waals surface area contributed by atoms with Gasteiger partial charge in [0.05, 0.1) is 0 Å². The van der Waals surface area contributed by atoms with Crippen molar-refractivity contribution in [1.29, 1.82) is 0 Å². The minimum atomic E-state index is -0.789. The first-order valence-electron chi connectivity index (χ1n) is 10.1. The third-order valence-corrected chi connectivity index (χ3v) is 4.76. The van der Waals surface area contributed by atoms with E-state index in [9.17, 15) is 51.1 Å². The minimum absolute atomic E-state index is 0.277. The van der Waals surface area contributed by atoms with Gasteiger partial charge in [0.1, 0.15) is 23.0 Å². The van der Waals surface area contributed by atoms with E-state index in [1.54, 1.807) is 0 Å². The Labute approximate surface area is 206 Å². The van der Waals surface area contributed by atoms with Crippen LogP contribution in [0.3, 0.4) is 0 Å². The Balaban J connectivity index is 1.65. The van der Waals surface area contributed by atoms with Crippen molar-refractivity contribution < 1.29 is 65.3 Å². The lowest BCUT2D eigenvalue weighted by molar-refractivity contribution is 0.331. The Morgan fingerprint density at radius 2 is 0.649 bits per heavy atom. The van der Waals surface area contributed by atoms with Gasteiger partial charge >= 0.3 is 0 Å². The van der Waals surface area contributed by atoms with Crippen LogP contribution >= 0.6 is 0 Å². The molecule has 4 rings (SSSR count). The fraction of sp³-hybridized carbons (Fsp3) is 0. The summed E-state index contributed by atoms with van der Waals surface area (Å²) in [6, 6.07) is 7.11. The highest BCUT2D eigenvalue weighted by atomic mass is 16.5. The largest absolute Gasteiger partial charge is 0.508 e. The molecule has 192 valence electrons. The summed E-state index contributed by atoms with van der Waals surface area (Å²) < 4.78 is 15.8. The minimum Gasteiger partial charge on any atom is -0.508 e. The summed E-state index contributed by atoms with van der Waals surface area (Å²) in [4.78, 5) is 0. The summed E-state index contributed by atoms with van der Waals surface area (Å²) in [7, 11) is 0. The first-order chi connectivity index (χ1) is 17.4. The molecule has 0 fully saturated rings. The Kier molecular flexibility index (Phi) is 6.03. The van der Waals surface area contributed by atoms with Crippen LogP contribution in [0, 0.1) is 0 Å². The predicted molar refractivity (Wildman–Crippen MR) is 123 cm³/mol. The molecule has 0 aliphatic heterocycles. The molecular formula is C24H18O13. The maximum atomic E-state index is 10.5. The number of benzene rings is 4. The Hall–Kier alpha value is -5.72. The normalized spacial score (nSPS) is 10.7. The van der Waals surface area contributed by atoms with Crippen molar-refractivity contribution in [2.45, 2.75) is 0 Å². The Morgan fingerprint density at radius 3 is 1.03 bits per heavy atom. The number of aromatic hydroxyl groups is 10. The first-order valence-corrected chi connectivity index (χ1v) is 10.1. The van der Waals surface area contributed by atoms with E-state index in [0.29, 0.717) is 0 Å². The first kappa shape index (κ1) is 24.4. The molecule has 4 aromatic rings. The molecule has 13 heteroatoms. The van der Waals surface area contributed by atoms with Crippen LogP contribution in [0.2, 0.25) is 0 Å². The predicted octanol–water partition coefficient (Wildman–Crippen LogP) is 4.12. The summed E-state index contributed by atoms with van der Waals surface area (Å²) in [6.07, 6.45) is 0. The molecular weight excluding hydrogens is 496 g/mol.